The molecule has 136 valence electrons. The lowest BCUT2D eigenvalue weighted by Crippen LogP contribution is -2.42. The van der Waals surface area contributed by atoms with Gasteiger partial charge in [-0.2, -0.15) is 0 Å². The van der Waals surface area contributed by atoms with Crippen LogP contribution in [-0.4, -0.2) is 33.3 Å². The van der Waals surface area contributed by atoms with Crippen LogP contribution in [-0.2, 0) is 0 Å². The topological polar surface area (TPSA) is 85.8 Å². The van der Waals surface area contributed by atoms with E-state index in [4.69, 9.17) is 5.73 Å². The fourth-order valence-corrected chi connectivity index (χ4v) is 2.70. The summed E-state index contributed by atoms with van der Waals surface area (Å²) >= 11 is 0. The molecule has 1 fully saturated rings. The van der Waals surface area contributed by atoms with Gasteiger partial charge in [0.05, 0.1) is 0 Å². The number of carbonyl (C=O) groups excluding carboxylic acids is 1. The number of amides is 1. The van der Waals surface area contributed by atoms with Crippen LogP contribution in [0.4, 0.5) is 4.39 Å². The number of hydrogen-bond acceptors (Lipinski definition) is 4. The zero-order chi connectivity index (χ0) is 17.3. The van der Waals surface area contributed by atoms with E-state index in [0.29, 0.717) is 18.3 Å². The third-order valence-electron chi connectivity index (χ3n) is 4.19. The molecule has 1 amide bonds. The lowest BCUT2D eigenvalue weighted by atomic mass is 10.2. The average molecular weight is 368 g/mol. The van der Waals surface area contributed by atoms with Crippen molar-refractivity contribution >= 4 is 18.3 Å². The second-order valence-electron chi connectivity index (χ2n) is 6.46. The van der Waals surface area contributed by atoms with Crippen LogP contribution in [0.25, 0.3) is 5.69 Å². The van der Waals surface area contributed by atoms with E-state index in [1.165, 1.54) is 10.7 Å². The quantitative estimate of drug-likeness (QED) is 0.821. The van der Waals surface area contributed by atoms with E-state index in [-0.39, 0.29) is 41.8 Å². The van der Waals surface area contributed by atoms with E-state index < -0.39 is 5.82 Å². The molecule has 1 aliphatic carbocycles. The highest BCUT2D eigenvalue weighted by atomic mass is 35.5. The monoisotopic (exact) mass is 367 g/mol. The second-order valence-corrected chi connectivity index (χ2v) is 6.46. The van der Waals surface area contributed by atoms with Crippen molar-refractivity contribution in [2.24, 2.45) is 11.7 Å². The van der Waals surface area contributed by atoms with Crippen molar-refractivity contribution in [1.29, 1.82) is 0 Å². The molecule has 1 saturated carbocycles. The Labute approximate surface area is 152 Å². The number of para-hydroxylation sites is 1. The molecule has 1 aromatic heterocycles. The summed E-state index contributed by atoms with van der Waals surface area (Å²) < 4.78 is 15.5. The van der Waals surface area contributed by atoms with Gasteiger partial charge in [0.15, 0.2) is 0 Å². The molecule has 2 aromatic rings. The van der Waals surface area contributed by atoms with E-state index in [1.807, 2.05) is 13.8 Å². The minimum atomic E-state index is -0.408. The van der Waals surface area contributed by atoms with Crippen molar-refractivity contribution in [3.05, 3.63) is 41.7 Å². The highest BCUT2D eigenvalue weighted by molar-refractivity contribution is 5.90. The lowest BCUT2D eigenvalue weighted by molar-refractivity contribution is 0.0923. The Morgan fingerprint density at radius 2 is 2.08 bits per heavy atom. The summed E-state index contributed by atoms with van der Waals surface area (Å²) in [5.41, 5.74) is 6.01. The molecule has 1 atom stereocenters. The number of nitrogens with zero attached hydrogens (tertiary/aromatic N) is 3. The highest BCUT2D eigenvalue weighted by Crippen LogP contribution is 2.32. The zero-order valence-corrected chi connectivity index (χ0v) is 15.1. The van der Waals surface area contributed by atoms with E-state index in [0.717, 1.165) is 12.8 Å². The number of carbonyl (C=O) groups is 1. The van der Waals surface area contributed by atoms with Crippen molar-refractivity contribution in [1.82, 2.24) is 20.1 Å². The molecule has 0 saturated heterocycles. The van der Waals surface area contributed by atoms with E-state index in [2.05, 4.69) is 15.4 Å². The SMILES string of the molecule is CC(C)c1nc(C(=O)NC(CN)C2CC2)nn1-c1ccccc1F.Cl. The molecule has 0 aliphatic heterocycles. The predicted molar refractivity (Wildman–Crippen MR) is 95.7 cm³/mol. The first-order valence-electron chi connectivity index (χ1n) is 8.24. The summed E-state index contributed by atoms with van der Waals surface area (Å²) in [6.07, 6.45) is 2.16. The summed E-state index contributed by atoms with van der Waals surface area (Å²) in [6, 6.07) is 6.25. The number of nitrogens with two attached hydrogens (primary N) is 1. The lowest BCUT2D eigenvalue weighted by Gasteiger charge is -2.14. The van der Waals surface area contributed by atoms with Crippen molar-refractivity contribution in [3.8, 4) is 5.69 Å². The summed E-state index contributed by atoms with van der Waals surface area (Å²) in [7, 11) is 0. The van der Waals surface area contributed by atoms with Gasteiger partial charge in [-0.3, -0.25) is 4.79 Å². The Bertz CT molecular complexity index is 744. The maximum Gasteiger partial charge on any atom is 0.291 e. The Balaban J connectivity index is 0.00000225. The van der Waals surface area contributed by atoms with Crippen LogP contribution < -0.4 is 11.1 Å². The van der Waals surface area contributed by atoms with Gasteiger partial charge < -0.3 is 11.1 Å². The van der Waals surface area contributed by atoms with Crippen LogP contribution in [0.3, 0.4) is 0 Å². The Morgan fingerprint density at radius 1 is 1.40 bits per heavy atom. The molecule has 1 heterocycles. The third kappa shape index (κ3) is 4.16. The Kier molecular flexibility index (Phi) is 6.13. The van der Waals surface area contributed by atoms with E-state index >= 15 is 0 Å². The fraction of sp³-hybridized carbons (Fsp3) is 0.471. The highest BCUT2D eigenvalue weighted by Gasteiger charge is 2.32. The Hall–Kier alpha value is -1.99. The summed E-state index contributed by atoms with van der Waals surface area (Å²) in [4.78, 5) is 16.8. The molecule has 25 heavy (non-hydrogen) atoms. The molecular weight excluding hydrogens is 345 g/mol. The molecule has 0 bridgehead atoms. The first-order valence-corrected chi connectivity index (χ1v) is 8.24. The molecule has 0 spiro atoms. The van der Waals surface area contributed by atoms with Crippen molar-refractivity contribution in [2.45, 2.75) is 38.6 Å². The standard InChI is InChI=1S/C17H22FN5O.ClH/c1-10(2)16-21-15(17(24)20-13(9-19)11-7-8-11)22-23(16)14-6-4-3-5-12(14)18;/h3-6,10-11,13H,7-9,19H2,1-2H3,(H,20,24);1H. The number of halogens is 2. The van der Waals surface area contributed by atoms with Gasteiger partial charge in [-0.1, -0.05) is 26.0 Å². The smallest absolute Gasteiger partial charge is 0.291 e. The van der Waals surface area contributed by atoms with Crippen LogP contribution in [0.2, 0.25) is 0 Å². The van der Waals surface area contributed by atoms with E-state index in [9.17, 15) is 9.18 Å². The first kappa shape index (κ1) is 19.3. The van der Waals surface area contributed by atoms with Gasteiger partial charge in [0.1, 0.15) is 17.3 Å². The van der Waals surface area contributed by atoms with Gasteiger partial charge in [-0.25, -0.2) is 14.1 Å². The zero-order valence-electron chi connectivity index (χ0n) is 14.3. The minimum Gasteiger partial charge on any atom is -0.345 e. The number of hydrogen-bond donors (Lipinski definition) is 2. The van der Waals surface area contributed by atoms with Gasteiger partial charge in [-0.15, -0.1) is 17.5 Å². The number of benzene rings is 1. The van der Waals surface area contributed by atoms with Gasteiger partial charge in [0.25, 0.3) is 5.91 Å². The maximum absolute atomic E-state index is 14.1. The molecular formula is C17H23ClFN5O. The van der Waals surface area contributed by atoms with E-state index in [1.54, 1.807) is 18.2 Å². The third-order valence-corrected chi connectivity index (χ3v) is 4.19. The van der Waals surface area contributed by atoms with Crippen LogP contribution in [0.1, 0.15) is 49.1 Å². The number of aromatic nitrogens is 3. The average Bonchev–Trinajstić information content (AvgIpc) is 3.30. The molecule has 6 nitrogen and oxygen atoms in total. The first-order chi connectivity index (χ1) is 11.5. The van der Waals surface area contributed by atoms with Gasteiger partial charge in [0.2, 0.25) is 5.82 Å². The molecule has 3 N–H and O–H groups in total. The van der Waals surface area contributed by atoms with Crippen LogP contribution in [0, 0.1) is 11.7 Å². The molecule has 3 rings (SSSR count). The second kappa shape index (κ2) is 7.93. The van der Waals surface area contributed by atoms with Crippen molar-refractivity contribution in [3.63, 3.8) is 0 Å². The summed E-state index contributed by atoms with van der Waals surface area (Å²) in [5, 5.41) is 7.14. The maximum atomic E-state index is 14.1. The molecule has 1 aromatic carbocycles. The van der Waals surface area contributed by atoms with Gasteiger partial charge in [0, 0.05) is 18.5 Å². The fourth-order valence-electron chi connectivity index (χ4n) is 2.70. The number of rotatable bonds is 6. The predicted octanol–water partition coefficient (Wildman–Crippen LogP) is 2.42. The summed E-state index contributed by atoms with van der Waals surface area (Å²) in [6.45, 7) is 4.24. The van der Waals surface area contributed by atoms with Crippen molar-refractivity contribution < 1.29 is 9.18 Å². The Morgan fingerprint density at radius 3 is 2.64 bits per heavy atom. The summed E-state index contributed by atoms with van der Waals surface area (Å²) in [5.74, 6) is 0.245. The van der Waals surface area contributed by atoms with Crippen LogP contribution in [0.5, 0.6) is 0 Å². The van der Waals surface area contributed by atoms with Crippen LogP contribution >= 0.6 is 12.4 Å². The van der Waals surface area contributed by atoms with Crippen molar-refractivity contribution in [2.75, 3.05) is 6.54 Å². The molecule has 1 aliphatic rings. The normalized spacial score (nSPS) is 14.9. The van der Waals surface area contributed by atoms with Gasteiger partial charge in [-0.05, 0) is 30.9 Å². The van der Waals surface area contributed by atoms with Crippen LogP contribution in [0.15, 0.2) is 24.3 Å². The number of nitrogens with one attached hydrogen (secondary N) is 1. The molecule has 0 radical (unpaired) electrons. The largest absolute Gasteiger partial charge is 0.345 e. The molecule has 1 unspecified atom stereocenters. The molecule has 8 heteroatoms. The minimum absolute atomic E-state index is 0. The van der Waals surface area contributed by atoms with Gasteiger partial charge >= 0.3 is 0 Å².